The molecule has 1 fully saturated rings. The van der Waals surface area contributed by atoms with Gasteiger partial charge in [0.05, 0.1) is 18.6 Å². The second kappa shape index (κ2) is 9.54. The first kappa shape index (κ1) is 18.6. The fraction of sp³-hybridized carbons (Fsp3) is 0.647. The Labute approximate surface area is 132 Å². The molecule has 0 spiro atoms. The van der Waals surface area contributed by atoms with Crippen molar-refractivity contribution >= 4 is 11.8 Å². The van der Waals surface area contributed by atoms with Crippen LogP contribution >= 0.6 is 0 Å². The Bertz CT molecular complexity index is 442. The van der Waals surface area contributed by atoms with Crippen LogP contribution in [0, 0.1) is 0 Å². The van der Waals surface area contributed by atoms with Crippen molar-refractivity contribution in [3.05, 3.63) is 23.8 Å². The molecule has 0 bridgehead atoms. The highest BCUT2D eigenvalue weighted by atomic mass is 16.3. The summed E-state index contributed by atoms with van der Waals surface area (Å²) in [5.74, 6) is -0.486. The zero-order chi connectivity index (χ0) is 16.5. The number of amides is 2. The minimum absolute atomic E-state index is 0.0894. The molecule has 1 rings (SSSR count). The second-order valence-electron chi connectivity index (χ2n) is 5.79. The normalized spacial score (nSPS) is 19.0. The lowest BCUT2D eigenvalue weighted by Crippen LogP contribution is -2.33. The number of carbonyl (C=O) groups excluding carboxylic acids is 2. The van der Waals surface area contributed by atoms with Gasteiger partial charge in [-0.2, -0.15) is 0 Å². The van der Waals surface area contributed by atoms with Crippen LogP contribution in [-0.4, -0.2) is 45.7 Å². The minimum atomic E-state index is -0.919. The number of allylic oxidation sites excluding steroid dienone is 2. The van der Waals surface area contributed by atoms with Crippen LogP contribution in [0.2, 0.25) is 0 Å². The van der Waals surface area contributed by atoms with Crippen molar-refractivity contribution in [2.24, 2.45) is 0 Å². The Morgan fingerprint density at radius 1 is 1.36 bits per heavy atom. The molecule has 2 amide bonds. The van der Waals surface area contributed by atoms with Crippen LogP contribution in [0.3, 0.4) is 0 Å². The van der Waals surface area contributed by atoms with E-state index in [9.17, 15) is 19.8 Å². The summed E-state index contributed by atoms with van der Waals surface area (Å²) in [7, 11) is 0. The van der Waals surface area contributed by atoms with Crippen LogP contribution in [0.25, 0.3) is 0 Å². The number of rotatable bonds is 8. The maximum atomic E-state index is 11.9. The van der Waals surface area contributed by atoms with Crippen LogP contribution in [0.5, 0.6) is 0 Å². The van der Waals surface area contributed by atoms with Crippen LogP contribution in [-0.2, 0) is 9.59 Å². The highest BCUT2D eigenvalue weighted by Gasteiger charge is 2.26. The molecule has 1 saturated heterocycles. The summed E-state index contributed by atoms with van der Waals surface area (Å²) in [6.07, 6.45) is 7.31. The third-order valence-corrected chi connectivity index (χ3v) is 3.65. The van der Waals surface area contributed by atoms with Crippen LogP contribution in [0.1, 0.15) is 52.4 Å². The standard InChI is InChI=1S/C17H27NO4/c1-3-4-6-14(19)11-13(2)8-9-15(20)12-17(22)18-10-5-7-16(18)21/h8-9,11,14-15,19-20H,3-7,10,12H2,1-2H3/b9-8+,13-11+/t14-,15-/m1/s1. The molecule has 0 aromatic rings. The first-order valence-electron chi connectivity index (χ1n) is 8.00. The zero-order valence-corrected chi connectivity index (χ0v) is 13.5. The molecule has 0 unspecified atom stereocenters. The van der Waals surface area contributed by atoms with E-state index >= 15 is 0 Å². The van der Waals surface area contributed by atoms with Crippen molar-refractivity contribution in [3.63, 3.8) is 0 Å². The lowest BCUT2D eigenvalue weighted by atomic mass is 10.1. The maximum Gasteiger partial charge on any atom is 0.232 e. The number of imide groups is 1. The topological polar surface area (TPSA) is 77.8 Å². The number of carbonyl (C=O) groups is 2. The average Bonchev–Trinajstić information content (AvgIpc) is 2.89. The van der Waals surface area contributed by atoms with Crippen LogP contribution < -0.4 is 0 Å². The molecule has 1 aliphatic rings. The van der Waals surface area contributed by atoms with Crippen molar-refractivity contribution in [1.82, 2.24) is 4.90 Å². The maximum absolute atomic E-state index is 11.9. The van der Waals surface area contributed by atoms with Gasteiger partial charge in [-0.15, -0.1) is 0 Å². The van der Waals surface area contributed by atoms with E-state index in [-0.39, 0.29) is 18.2 Å². The van der Waals surface area contributed by atoms with E-state index in [1.54, 1.807) is 12.2 Å². The largest absolute Gasteiger partial charge is 0.389 e. The van der Waals surface area contributed by atoms with Gasteiger partial charge in [0, 0.05) is 13.0 Å². The molecule has 2 atom stereocenters. The predicted molar refractivity (Wildman–Crippen MR) is 85.0 cm³/mol. The quantitative estimate of drug-likeness (QED) is 0.672. The van der Waals surface area contributed by atoms with Gasteiger partial charge >= 0.3 is 0 Å². The van der Waals surface area contributed by atoms with E-state index in [1.807, 2.05) is 6.92 Å². The van der Waals surface area contributed by atoms with E-state index in [2.05, 4.69) is 6.92 Å². The zero-order valence-electron chi connectivity index (χ0n) is 13.5. The first-order chi connectivity index (χ1) is 10.4. The Kier molecular flexibility index (Phi) is 8.06. The lowest BCUT2D eigenvalue weighted by Gasteiger charge is -2.14. The Balaban J connectivity index is 2.42. The summed E-state index contributed by atoms with van der Waals surface area (Å²) in [5.41, 5.74) is 0.840. The van der Waals surface area contributed by atoms with Crippen LogP contribution in [0.4, 0.5) is 0 Å². The molecular formula is C17H27NO4. The Morgan fingerprint density at radius 3 is 2.68 bits per heavy atom. The van der Waals surface area contributed by atoms with E-state index in [0.29, 0.717) is 19.4 Å². The molecule has 2 N–H and O–H groups in total. The van der Waals surface area contributed by atoms with E-state index in [4.69, 9.17) is 0 Å². The number of nitrogens with zero attached hydrogens (tertiary/aromatic N) is 1. The third-order valence-electron chi connectivity index (χ3n) is 3.65. The van der Waals surface area contributed by atoms with Gasteiger partial charge in [-0.1, -0.05) is 43.6 Å². The first-order valence-corrected chi connectivity index (χ1v) is 8.00. The molecule has 124 valence electrons. The number of hydrogen-bond acceptors (Lipinski definition) is 4. The minimum Gasteiger partial charge on any atom is -0.389 e. The van der Waals surface area contributed by atoms with E-state index in [1.165, 1.54) is 11.0 Å². The average molecular weight is 309 g/mol. The number of unbranched alkanes of at least 4 members (excludes halogenated alkanes) is 1. The summed E-state index contributed by atoms with van der Waals surface area (Å²) in [4.78, 5) is 24.5. The van der Waals surface area contributed by atoms with Gasteiger partial charge in [0.25, 0.3) is 0 Å². The predicted octanol–water partition coefficient (Wildman–Crippen LogP) is 1.94. The summed E-state index contributed by atoms with van der Waals surface area (Å²) in [5, 5.41) is 19.6. The third kappa shape index (κ3) is 6.54. The SMILES string of the molecule is CCCC[C@@H](O)/C=C(C)/C=C/[C@@H](O)CC(=O)N1CCCC1=O. The highest BCUT2D eigenvalue weighted by Crippen LogP contribution is 2.13. The van der Waals surface area contributed by atoms with Crippen molar-refractivity contribution < 1.29 is 19.8 Å². The van der Waals surface area contributed by atoms with Gasteiger partial charge in [0.2, 0.25) is 11.8 Å². The highest BCUT2D eigenvalue weighted by molar-refractivity contribution is 5.96. The molecule has 1 aliphatic heterocycles. The van der Waals surface area contributed by atoms with Gasteiger partial charge in [-0.3, -0.25) is 14.5 Å². The number of aliphatic hydroxyl groups excluding tert-OH is 2. The smallest absolute Gasteiger partial charge is 0.232 e. The lowest BCUT2D eigenvalue weighted by molar-refractivity contribution is -0.142. The molecule has 0 saturated carbocycles. The molecule has 0 aromatic carbocycles. The van der Waals surface area contributed by atoms with Crippen molar-refractivity contribution in [1.29, 1.82) is 0 Å². The van der Waals surface area contributed by atoms with Crippen molar-refractivity contribution in [3.8, 4) is 0 Å². The van der Waals surface area contributed by atoms with Gasteiger partial charge in [-0.05, 0) is 19.8 Å². The molecule has 1 heterocycles. The molecule has 0 aliphatic carbocycles. The van der Waals surface area contributed by atoms with E-state index < -0.39 is 12.2 Å². The Morgan fingerprint density at radius 2 is 2.09 bits per heavy atom. The van der Waals surface area contributed by atoms with Gasteiger partial charge < -0.3 is 10.2 Å². The summed E-state index contributed by atoms with van der Waals surface area (Å²) >= 11 is 0. The molecular weight excluding hydrogens is 282 g/mol. The summed E-state index contributed by atoms with van der Waals surface area (Å²) in [6, 6.07) is 0. The molecule has 5 nitrogen and oxygen atoms in total. The number of aliphatic hydroxyl groups is 2. The number of hydrogen-bond donors (Lipinski definition) is 2. The van der Waals surface area contributed by atoms with Crippen molar-refractivity contribution in [2.45, 2.75) is 64.6 Å². The molecule has 22 heavy (non-hydrogen) atoms. The summed E-state index contributed by atoms with van der Waals surface area (Å²) in [6.45, 7) is 4.36. The number of likely N-dealkylation sites (tertiary alicyclic amines) is 1. The molecule has 0 aromatic heterocycles. The molecule has 0 radical (unpaired) electrons. The van der Waals surface area contributed by atoms with Gasteiger partial charge in [-0.25, -0.2) is 0 Å². The molecule has 5 heteroatoms. The monoisotopic (exact) mass is 309 g/mol. The van der Waals surface area contributed by atoms with Crippen molar-refractivity contribution in [2.75, 3.05) is 6.54 Å². The fourth-order valence-electron chi connectivity index (χ4n) is 2.39. The fourth-order valence-corrected chi connectivity index (χ4v) is 2.39. The van der Waals surface area contributed by atoms with Gasteiger partial charge in [0.15, 0.2) is 0 Å². The summed E-state index contributed by atoms with van der Waals surface area (Å²) < 4.78 is 0. The van der Waals surface area contributed by atoms with Crippen LogP contribution in [0.15, 0.2) is 23.8 Å². The second-order valence-corrected chi connectivity index (χ2v) is 5.79. The van der Waals surface area contributed by atoms with E-state index in [0.717, 1.165) is 24.8 Å². The Hall–Kier alpha value is -1.46. The van der Waals surface area contributed by atoms with Gasteiger partial charge in [0.1, 0.15) is 0 Å².